The standard InChI is InChI=1S/C17H20N4O3/c18-11-16(24)21-8-6-20(7-9-21)15(23)10-12-3-4-14(22)17-13(12)2-1-5-19-17/h1-5,22H,6-11,18H2. The Kier molecular flexibility index (Phi) is 4.61. The third-order valence-corrected chi connectivity index (χ3v) is 4.34. The summed E-state index contributed by atoms with van der Waals surface area (Å²) in [7, 11) is 0. The lowest BCUT2D eigenvalue weighted by molar-refractivity contribution is -0.138. The predicted octanol–water partition coefficient (Wildman–Crippen LogP) is 0.112. The molecule has 3 N–H and O–H groups in total. The van der Waals surface area contributed by atoms with E-state index in [2.05, 4.69) is 4.98 Å². The van der Waals surface area contributed by atoms with Gasteiger partial charge in [-0.1, -0.05) is 12.1 Å². The fourth-order valence-electron chi connectivity index (χ4n) is 2.98. The van der Waals surface area contributed by atoms with Crippen LogP contribution in [-0.4, -0.2) is 64.4 Å². The number of piperazine rings is 1. The van der Waals surface area contributed by atoms with Crippen molar-refractivity contribution in [3.8, 4) is 5.75 Å². The highest BCUT2D eigenvalue weighted by Gasteiger charge is 2.23. The number of hydrogen-bond donors (Lipinski definition) is 2. The first-order valence-corrected chi connectivity index (χ1v) is 7.91. The van der Waals surface area contributed by atoms with E-state index in [1.165, 1.54) is 0 Å². The number of nitrogens with zero attached hydrogens (tertiary/aromatic N) is 3. The molecular weight excluding hydrogens is 308 g/mol. The summed E-state index contributed by atoms with van der Waals surface area (Å²) in [6.07, 6.45) is 1.86. The zero-order valence-corrected chi connectivity index (χ0v) is 13.3. The molecule has 2 amide bonds. The summed E-state index contributed by atoms with van der Waals surface area (Å²) in [6, 6.07) is 6.96. The SMILES string of the molecule is NCC(=O)N1CCN(C(=O)Cc2ccc(O)c3ncccc23)CC1. The number of carbonyl (C=O) groups is 2. The van der Waals surface area contributed by atoms with Crippen LogP contribution in [0, 0.1) is 0 Å². The van der Waals surface area contributed by atoms with E-state index in [9.17, 15) is 14.7 Å². The molecule has 126 valence electrons. The van der Waals surface area contributed by atoms with Gasteiger partial charge in [-0.3, -0.25) is 14.6 Å². The van der Waals surface area contributed by atoms with Crippen molar-refractivity contribution in [1.29, 1.82) is 0 Å². The van der Waals surface area contributed by atoms with E-state index in [1.807, 2.05) is 6.07 Å². The Morgan fingerprint density at radius 2 is 1.75 bits per heavy atom. The van der Waals surface area contributed by atoms with Crippen molar-refractivity contribution in [2.24, 2.45) is 5.73 Å². The number of amides is 2. The first-order valence-electron chi connectivity index (χ1n) is 7.91. The molecule has 1 aromatic heterocycles. The van der Waals surface area contributed by atoms with Crippen LogP contribution in [0.15, 0.2) is 30.5 Å². The number of hydrogen-bond acceptors (Lipinski definition) is 5. The molecule has 0 atom stereocenters. The van der Waals surface area contributed by atoms with Gasteiger partial charge in [0.1, 0.15) is 11.3 Å². The second kappa shape index (κ2) is 6.84. The van der Waals surface area contributed by atoms with E-state index in [1.54, 1.807) is 34.2 Å². The smallest absolute Gasteiger partial charge is 0.236 e. The van der Waals surface area contributed by atoms with Crippen molar-refractivity contribution in [3.63, 3.8) is 0 Å². The zero-order valence-electron chi connectivity index (χ0n) is 13.3. The normalized spacial score (nSPS) is 14.9. The highest BCUT2D eigenvalue weighted by atomic mass is 16.3. The summed E-state index contributed by atoms with van der Waals surface area (Å²) < 4.78 is 0. The highest BCUT2D eigenvalue weighted by molar-refractivity contribution is 5.91. The second-order valence-corrected chi connectivity index (χ2v) is 5.79. The maximum absolute atomic E-state index is 12.6. The molecular formula is C17H20N4O3. The van der Waals surface area contributed by atoms with Gasteiger partial charge in [-0.05, 0) is 17.7 Å². The molecule has 0 spiro atoms. The van der Waals surface area contributed by atoms with E-state index >= 15 is 0 Å². The van der Waals surface area contributed by atoms with Crippen molar-refractivity contribution >= 4 is 22.7 Å². The number of aromatic nitrogens is 1. The molecule has 1 aliphatic heterocycles. The van der Waals surface area contributed by atoms with Crippen LogP contribution in [0.25, 0.3) is 10.9 Å². The molecule has 0 aliphatic carbocycles. The number of phenolic OH excluding ortho intramolecular Hbond substituents is 1. The molecule has 0 radical (unpaired) electrons. The predicted molar refractivity (Wildman–Crippen MR) is 89.3 cm³/mol. The minimum Gasteiger partial charge on any atom is -0.506 e. The summed E-state index contributed by atoms with van der Waals surface area (Å²) >= 11 is 0. The quantitative estimate of drug-likeness (QED) is 0.833. The molecule has 2 heterocycles. The molecule has 1 aromatic carbocycles. The molecule has 0 bridgehead atoms. The number of rotatable bonds is 3. The Hall–Kier alpha value is -2.67. The lowest BCUT2D eigenvalue weighted by atomic mass is 10.0. The van der Waals surface area contributed by atoms with Crippen molar-refractivity contribution in [3.05, 3.63) is 36.0 Å². The zero-order chi connectivity index (χ0) is 17.1. The van der Waals surface area contributed by atoms with Crippen LogP contribution >= 0.6 is 0 Å². The number of phenols is 1. The lowest BCUT2D eigenvalue weighted by Crippen LogP contribution is -2.52. The molecule has 7 heteroatoms. The average Bonchev–Trinajstić information content (AvgIpc) is 2.63. The van der Waals surface area contributed by atoms with Gasteiger partial charge in [-0.2, -0.15) is 0 Å². The van der Waals surface area contributed by atoms with E-state index in [0.717, 1.165) is 10.9 Å². The fraction of sp³-hybridized carbons (Fsp3) is 0.353. The highest BCUT2D eigenvalue weighted by Crippen LogP contribution is 2.26. The third kappa shape index (κ3) is 3.16. The Morgan fingerprint density at radius 1 is 1.08 bits per heavy atom. The number of aromatic hydroxyl groups is 1. The molecule has 1 fully saturated rings. The fourth-order valence-corrected chi connectivity index (χ4v) is 2.98. The first kappa shape index (κ1) is 16.2. The van der Waals surface area contributed by atoms with Gasteiger partial charge in [0, 0.05) is 37.8 Å². The average molecular weight is 328 g/mol. The number of fused-ring (bicyclic) bond motifs is 1. The summed E-state index contributed by atoms with van der Waals surface area (Å²) in [5.41, 5.74) is 6.70. The van der Waals surface area contributed by atoms with Crippen LogP contribution in [0.4, 0.5) is 0 Å². The van der Waals surface area contributed by atoms with Gasteiger partial charge in [-0.15, -0.1) is 0 Å². The third-order valence-electron chi connectivity index (χ3n) is 4.34. The maximum Gasteiger partial charge on any atom is 0.236 e. The first-order chi connectivity index (χ1) is 11.6. The van der Waals surface area contributed by atoms with Crippen LogP contribution in [0.3, 0.4) is 0 Å². The minimum atomic E-state index is -0.0855. The summed E-state index contributed by atoms with van der Waals surface area (Å²) in [6.45, 7) is 2.05. The number of carbonyl (C=O) groups excluding carboxylic acids is 2. The molecule has 1 saturated heterocycles. The number of nitrogens with two attached hydrogens (primary N) is 1. The Labute approximate surface area is 139 Å². The van der Waals surface area contributed by atoms with E-state index in [0.29, 0.717) is 31.7 Å². The monoisotopic (exact) mass is 328 g/mol. The molecule has 0 unspecified atom stereocenters. The molecule has 7 nitrogen and oxygen atoms in total. The second-order valence-electron chi connectivity index (χ2n) is 5.79. The van der Waals surface area contributed by atoms with Crippen LogP contribution in [0.2, 0.25) is 0 Å². The Balaban J connectivity index is 1.70. The summed E-state index contributed by atoms with van der Waals surface area (Å²) in [5.74, 6) is 0.0269. The van der Waals surface area contributed by atoms with E-state index in [4.69, 9.17) is 5.73 Å². The summed E-state index contributed by atoms with van der Waals surface area (Å²) in [5, 5.41) is 10.7. The van der Waals surface area contributed by atoms with Crippen LogP contribution in [0.1, 0.15) is 5.56 Å². The van der Waals surface area contributed by atoms with Crippen molar-refractivity contribution < 1.29 is 14.7 Å². The van der Waals surface area contributed by atoms with Gasteiger partial charge < -0.3 is 20.6 Å². The van der Waals surface area contributed by atoms with Crippen molar-refractivity contribution in [1.82, 2.24) is 14.8 Å². The van der Waals surface area contributed by atoms with Crippen LogP contribution in [-0.2, 0) is 16.0 Å². The van der Waals surface area contributed by atoms with Gasteiger partial charge in [0.15, 0.2) is 0 Å². The number of benzene rings is 1. The van der Waals surface area contributed by atoms with Crippen LogP contribution < -0.4 is 5.73 Å². The molecule has 1 aliphatic rings. The van der Waals surface area contributed by atoms with Gasteiger partial charge >= 0.3 is 0 Å². The number of pyridine rings is 1. The van der Waals surface area contributed by atoms with E-state index in [-0.39, 0.29) is 30.5 Å². The maximum atomic E-state index is 12.6. The van der Waals surface area contributed by atoms with Crippen molar-refractivity contribution in [2.45, 2.75) is 6.42 Å². The minimum absolute atomic E-state index is 0.000441. The van der Waals surface area contributed by atoms with Crippen molar-refractivity contribution in [2.75, 3.05) is 32.7 Å². The molecule has 3 rings (SSSR count). The molecule has 24 heavy (non-hydrogen) atoms. The Bertz CT molecular complexity index is 770. The van der Waals surface area contributed by atoms with Gasteiger partial charge in [0.05, 0.1) is 13.0 Å². The molecule has 2 aromatic rings. The van der Waals surface area contributed by atoms with Gasteiger partial charge in [-0.25, -0.2) is 0 Å². The lowest BCUT2D eigenvalue weighted by Gasteiger charge is -2.34. The summed E-state index contributed by atoms with van der Waals surface area (Å²) in [4.78, 5) is 31.7. The Morgan fingerprint density at radius 3 is 2.42 bits per heavy atom. The largest absolute Gasteiger partial charge is 0.506 e. The van der Waals surface area contributed by atoms with Crippen LogP contribution in [0.5, 0.6) is 5.75 Å². The topological polar surface area (TPSA) is 99.8 Å². The molecule has 0 saturated carbocycles. The van der Waals surface area contributed by atoms with E-state index < -0.39 is 0 Å². The van der Waals surface area contributed by atoms with Gasteiger partial charge in [0.2, 0.25) is 11.8 Å². The van der Waals surface area contributed by atoms with Gasteiger partial charge in [0.25, 0.3) is 0 Å².